The Hall–Kier alpha value is -2.09. The molecule has 0 spiro atoms. The monoisotopic (exact) mass is 362 g/mol. The molecule has 8 heteroatoms. The van der Waals surface area contributed by atoms with Crippen LogP contribution in [0, 0.1) is 5.92 Å². The molecule has 3 N–H and O–H groups in total. The van der Waals surface area contributed by atoms with Gasteiger partial charge in [-0.2, -0.15) is 0 Å². The summed E-state index contributed by atoms with van der Waals surface area (Å²) in [4.78, 5) is 25.0. The van der Waals surface area contributed by atoms with Gasteiger partial charge in [0.15, 0.2) is 11.6 Å². The summed E-state index contributed by atoms with van der Waals surface area (Å²) >= 11 is 0. The van der Waals surface area contributed by atoms with Crippen molar-refractivity contribution in [1.29, 1.82) is 0 Å². The number of nitrogen functional groups attached to an aromatic ring is 1. The fraction of sp³-hybridized carbons (Fsp3) is 0.722. The number of nitrogens with one attached hydrogen (secondary N) is 1. The minimum Gasteiger partial charge on any atom is -0.469 e. The van der Waals surface area contributed by atoms with Gasteiger partial charge in [-0.3, -0.25) is 4.79 Å². The lowest BCUT2D eigenvalue weighted by atomic mass is 9.97. The number of piperidine rings is 2. The molecule has 0 bridgehead atoms. The Morgan fingerprint density at radius 1 is 1.23 bits per heavy atom. The minimum absolute atomic E-state index is 0.0264. The average molecular weight is 362 g/mol. The van der Waals surface area contributed by atoms with E-state index in [4.69, 9.17) is 10.5 Å². The molecule has 2 fully saturated rings. The van der Waals surface area contributed by atoms with Gasteiger partial charge in [0.05, 0.1) is 13.0 Å². The predicted molar refractivity (Wildman–Crippen MR) is 102 cm³/mol. The van der Waals surface area contributed by atoms with Gasteiger partial charge in [0, 0.05) is 26.2 Å². The molecule has 3 rings (SSSR count). The lowest BCUT2D eigenvalue weighted by molar-refractivity contribution is -0.146. The summed E-state index contributed by atoms with van der Waals surface area (Å²) in [6, 6.07) is 0. The molecular weight excluding hydrogens is 332 g/mol. The Morgan fingerprint density at radius 3 is 2.65 bits per heavy atom. The van der Waals surface area contributed by atoms with Gasteiger partial charge in [0.2, 0.25) is 0 Å². The molecule has 2 saturated heterocycles. The molecule has 0 amide bonds. The van der Waals surface area contributed by atoms with E-state index in [1.165, 1.54) is 39.5 Å². The number of hydrogen-bond acceptors (Lipinski definition) is 8. The Labute approximate surface area is 155 Å². The average Bonchev–Trinajstić information content (AvgIpc) is 2.70. The third-order valence-electron chi connectivity index (χ3n) is 5.36. The second-order valence-electron chi connectivity index (χ2n) is 7.07. The van der Waals surface area contributed by atoms with Crippen LogP contribution in [-0.4, -0.2) is 67.2 Å². The highest BCUT2D eigenvalue weighted by Crippen LogP contribution is 2.29. The van der Waals surface area contributed by atoms with E-state index in [1.807, 2.05) is 0 Å². The van der Waals surface area contributed by atoms with Gasteiger partial charge in [-0.25, -0.2) is 9.97 Å². The number of aromatic nitrogens is 2. The molecule has 0 unspecified atom stereocenters. The number of likely N-dealkylation sites (tertiary alicyclic amines) is 1. The first kappa shape index (κ1) is 18.7. The summed E-state index contributed by atoms with van der Waals surface area (Å²) in [6.45, 7) is 5.68. The van der Waals surface area contributed by atoms with Crippen LogP contribution in [0.3, 0.4) is 0 Å². The lowest BCUT2D eigenvalue weighted by Gasteiger charge is -2.32. The number of nitrogens with zero attached hydrogens (tertiary/aromatic N) is 4. The quantitative estimate of drug-likeness (QED) is 0.732. The standard InChI is InChI=1S/C18H30N6O2/c1-26-18(25)14-5-10-24(11-6-14)17-15(19)16(21-13-22-17)20-7-12-23-8-3-2-4-9-23/h13-14H,2-12,19H2,1H3,(H,20,21,22). The molecule has 26 heavy (non-hydrogen) atoms. The third-order valence-corrected chi connectivity index (χ3v) is 5.36. The van der Waals surface area contributed by atoms with Crippen LogP contribution in [0.1, 0.15) is 32.1 Å². The van der Waals surface area contributed by atoms with Gasteiger partial charge in [-0.05, 0) is 38.8 Å². The molecular formula is C18H30N6O2. The summed E-state index contributed by atoms with van der Waals surface area (Å²) < 4.78 is 4.85. The Kier molecular flexibility index (Phi) is 6.49. The zero-order valence-corrected chi connectivity index (χ0v) is 15.6. The Morgan fingerprint density at radius 2 is 1.96 bits per heavy atom. The maximum Gasteiger partial charge on any atom is 0.308 e. The summed E-state index contributed by atoms with van der Waals surface area (Å²) in [7, 11) is 1.44. The molecule has 0 aromatic carbocycles. The van der Waals surface area contributed by atoms with Gasteiger partial charge in [-0.1, -0.05) is 6.42 Å². The van der Waals surface area contributed by atoms with Crippen molar-refractivity contribution in [2.75, 3.05) is 62.3 Å². The summed E-state index contributed by atoms with van der Waals surface area (Å²) in [6.07, 6.45) is 7.00. The number of carbonyl (C=O) groups is 1. The second-order valence-corrected chi connectivity index (χ2v) is 7.07. The molecule has 8 nitrogen and oxygen atoms in total. The van der Waals surface area contributed by atoms with E-state index < -0.39 is 0 Å². The fourth-order valence-electron chi connectivity index (χ4n) is 3.79. The maximum atomic E-state index is 11.7. The molecule has 0 saturated carbocycles. The molecule has 3 heterocycles. The van der Waals surface area contributed by atoms with E-state index in [0.717, 1.165) is 44.8 Å². The van der Waals surface area contributed by atoms with Crippen LogP contribution in [0.2, 0.25) is 0 Å². The van der Waals surface area contributed by atoms with Crippen molar-refractivity contribution >= 4 is 23.3 Å². The van der Waals surface area contributed by atoms with Gasteiger partial charge in [0.1, 0.15) is 12.0 Å². The Balaban J connectivity index is 1.54. The Bertz CT molecular complexity index is 597. The number of carbonyl (C=O) groups excluding carboxylic acids is 1. The lowest BCUT2D eigenvalue weighted by Crippen LogP contribution is -2.37. The number of anilines is 3. The van der Waals surface area contributed by atoms with Gasteiger partial charge >= 0.3 is 5.97 Å². The zero-order valence-electron chi connectivity index (χ0n) is 15.6. The van der Waals surface area contributed by atoms with Crippen molar-refractivity contribution in [3.05, 3.63) is 6.33 Å². The summed E-state index contributed by atoms with van der Waals surface area (Å²) in [5.74, 6) is 1.30. The number of esters is 1. The number of hydrogen-bond donors (Lipinski definition) is 2. The molecule has 0 atom stereocenters. The highest BCUT2D eigenvalue weighted by Gasteiger charge is 2.27. The van der Waals surface area contributed by atoms with Crippen molar-refractivity contribution in [1.82, 2.24) is 14.9 Å². The van der Waals surface area contributed by atoms with Crippen LogP contribution in [0.4, 0.5) is 17.3 Å². The van der Waals surface area contributed by atoms with Crippen LogP contribution < -0.4 is 16.0 Å². The van der Waals surface area contributed by atoms with E-state index in [-0.39, 0.29) is 11.9 Å². The largest absolute Gasteiger partial charge is 0.469 e. The van der Waals surface area contributed by atoms with Crippen LogP contribution in [0.15, 0.2) is 6.33 Å². The minimum atomic E-state index is -0.125. The van der Waals surface area contributed by atoms with Crippen LogP contribution >= 0.6 is 0 Å². The number of nitrogens with two attached hydrogens (primary N) is 1. The van der Waals surface area contributed by atoms with E-state index in [1.54, 1.807) is 6.33 Å². The molecule has 144 valence electrons. The molecule has 2 aliphatic heterocycles. The predicted octanol–water partition coefficient (Wildman–Crippen LogP) is 1.35. The first-order chi connectivity index (χ1) is 12.7. The van der Waals surface area contributed by atoms with E-state index in [2.05, 4.69) is 25.1 Å². The van der Waals surface area contributed by atoms with E-state index in [0.29, 0.717) is 11.5 Å². The van der Waals surface area contributed by atoms with Crippen molar-refractivity contribution in [2.45, 2.75) is 32.1 Å². The van der Waals surface area contributed by atoms with Crippen molar-refractivity contribution < 1.29 is 9.53 Å². The molecule has 1 aromatic rings. The number of ether oxygens (including phenoxy) is 1. The second kappa shape index (κ2) is 9.02. The summed E-state index contributed by atoms with van der Waals surface area (Å²) in [5.41, 5.74) is 6.91. The number of rotatable bonds is 6. The topological polar surface area (TPSA) is 96.6 Å². The van der Waals surface area contributed by atoms with Crippen LogP contribution in [-0.2, 0) is 9.53 Å². The van der Waals surface area contributed by atoms with Gasteiger partial charge in [0.25, 0.3) is 0 Å². The SMILES string of the molecule is COC(=O)C1CCN(c2ncnc(NCCN3CCCCC3)c2N)CC1. The normalized spacial score (nSPS) is 19.3. The maximum absolute atomic E-state index is 11.7. The molecule has 2 aliphatic rings. The summed E-state index contributed by atoms with van der Waals surface area (Å²) in [5, 5.41) is 3.36. The third kappa shape index (κ3) is 4.55. The highest BCUT2D eigenvalue weighted by atomic mass is 16.5. The van der Waals surface area contributed by atoms with Crippen molar-refractivity contribution in [2.24, 2.45) is 5.92 Å². The first-order valence-electron chi connectivity index (χ1n) is 9.58. The van der Waals surface area contributed by atoms with Crippen LogP contribution in [0.5, 0.6) is 0 Å². The molecule has 0 radical (unpaired) electrons. The van der Waals surface area contributed by atoms with Crippen LogP contribution in [0.25, 0.3) is 0 Å². The van der Waals surface area contributed by atoms with E-state index in [9.17, 15) is 4.79 Å². The molecule has 0 aliphatic carbocycles. The zero-order chi connectivity index (χ0) is 18.4. The van der Waals surface area contributed by atoms with Gasteiger partial charge in [-0.15, -0.1) is 0 Å². The smallest absolute Gasteiger partial charge is 0.308 e. The fourth-order valence-corrected chi connectivity index (χ4v) is 3.79. The molecule has 1 aromatic heterocycles. The van der Waals surface area contributed by atoms with Crippen molar-refractivity contribution in [3.63, 3.8) is 0 Å². The first-order valence-corrected chi connectivity index (χ1v) is 9.58. The highest BCUT2D eigenvalue weighted by molar-refractivity contribution is 5.76. The van der Waals surface area contributed by atoms with Crippen molar-refractivity contribution in [3.8, 4) is 0 Å². The van der Waals surface area contributed by atoms with E-state index >= 15 is 0 Å². The number of methoxy groups -OCH3 is 1. The van der Waals surface area contributed by atoms with Gasteiger partial charge < -0.3 is 25.6 Å².